The van der Waals surface area contributed by atoms with E-state index in [1.54, 1.807) is 18.2 Å². The van der Waals surface area contributed by atoms with Gasteiger partial charge in [0.2, 0.25) is 10.0 Å². The van der Waals surface area contributed by atoms with Gasteiger partial charge in [-0.2, -0.15) is 4.31 Å². The van der Waals surface area contributed by atoms with Crippen LogP contribution < -0.4 is 5.32 Å². The predicted octanol–water partition coefficient (Wildman–Crippen LogP) is 4.99. The molecule has 5 nitrogen and oxygen atoms in total. The number of piperidine rings is 1. The molecular weight excluding hydrogens is 415 g/mol. The van der Waals surface area contributed by atoms with Crippen molar-refractivity contribution in [2.75, 3.05) is 11.9 Å². The number of sulfonamides is 1. The summed E-state index contributed by atoms with van der Waals surface area (Å²) in [6.45, 7) is 4.21. The van der Waals surface area contributed by atoms with Gasteiger partial charge in [-0.3, -0.25) is 4.79 Å². The molecule has 1 aliphatic rings. The molecule has 0 unspecified atom stereocenters. The molecule has 1 aliphatic heterocycles. The smallest absolute Gasteiger partial charge is 0.258 e. The van der Waals surface area contributed by atoms with Gasteiger partial charge in [0.05, 0.1) is 10.5 Å². The van der Waals surface area contributed by atoms with Crippen LogP contribution in [0.3, 0.4) is 0 Å². The lowest BCUT2D eigenvalue weighted by Gasteiger charge is -2.34. The fraction of sp³-hybridized carbons (Fsp3) is 0.381. The van der Waals surface area contributed by atoms with Gasteiger partial charge in [0, 0.05) is 23.3 Å². The quantitative estimate of drug-likeness (QED) is 0.714. The van der Waals surface area contributed by atoms with Crippen LogP contribution in [-0.4, -0.2) is 31.2 Å². The second-order valence-electron chi connectivity index (χ2n) is 7.23. The summed E-state index contributed by atoms with van der Waals surface area (Å²) in [6, 6.07) is 8.21. The van der Waals surface area contributed by atoms with E-state index >= 15 is 0 Å². The van der Waals surface area contributed by atoms with Crippen molar-refractivity contribution in [3.63, 3.8) is 0 Å². The van der Waals surface area contributed by atoms with E-state index in [4.69, 9.17) is 11.6 Å². The molecule has 0 bridgehead atoms. The van der Waals surface area contributed by atoms with Crippen molar-refractivity contribution < 1.29 is 17.6 Å². The summed E-state index contributed by atoms with van der Waals surface area (Å²) in [6.07, 6.45) is 3.29. The minimum atomic E-state index is -3.82. The topological polar surface area (TPSA) is 66.5 Å². The zero-order valence-electron chi connectivity index (χ0n) is 16.4. The number of hydrogen-bond acceptors (Lipinski definition) is 3. The number of nitrogens with zero attached hydrogens (tertiary/aromatic N) is 1. The molecule has 3 rings (SSSR count). The number of aryl methyl sites for hydroxylation is 1. The minimum Gasteiger partial charge on any atom is -0.322 e. The molecule has 0 aromatic heterocycles. The third kappa shape index (κ3) is 4.63. The van der Waals surface area contributed by atoms with Crippen molar-refractivity contribution >= 4 is 33.2 Å². The van der Waals surface area contributed by atoms with Gasteiger partial charge in [-0.15, -0.1) is 0 Å². The van der Waals surface area contributed by atoms with Crippen molar-refractivity contribution in [3.05, 3.63) is 58.4 Å². The molecule has 0 spiro atoms. The van der Waals surface area contributed by atoms with Gasteiger partial charge in [0.25, 0.3) is 5.91 Å². The molecular formula is C21H24ClFN2O3S. The van der Waals surface area contributed by atoms with Crippen LogP contribution in [0.15, 0.2) is 41.3 Å². The summed E-state index contributed by atoms with van der Waals surface area (Å²) < 4.78 is 42.1. The van der Waals surface area contributed by atoms with Gasteiger partial charge < -0.3 is 5.32 Å². The number of anilines is 1. The van der Waals surface area contributed by atoms with Gasteiger partial charge in [0.15, 0.2) is 0 Å². The third-order valence-corrected chi connectivity index (χ3v) is 7.62. The largest absolute Gasteiger partial charge is 0.322 e. The normalized spacial score (nSPS) is 17.9. The lowest BCUT2D eigenvalue weighted by atomic mass is 10.0. The molecule has 1 saturated heterocycles. The first-order valence-corrected chi connectivity index (χ1v) is 11.4. The van der Waals surface area contributed by atoms with Crippen LogP contribution in [0.2, 0.25) is 5.02 Å². The molecule has 2 aromatic carbocycles. The Labute approximate surface area is 175 Å². The van der Waals surface area contributed by atoms with Crippen molar-refractivity contribution in [1.29, 1.82) is 0 Å². The lowest BCUT2D eigenvalue weighted by Crippen LogP contribution is -2.43. The summed E-state index contributed by atoms with van der Waals surface area (Å²) in [7, 11) is -3.82. The monoisotopic (exact) mass is 438 g/mol. The zero-order chi connectivity index (χ0) is 21.2. The molecule has 156 valence electrons. The number of amides is 1. The molecule has 2 aromatic rings. The Balaban J connectivity index is 1.90. The Morgan fingerprint density at radius 1 is 1.24 bits per heavy atom. The van der Waals surface area contributed by atoms with Crippen molar-refractivity contribution in [3.8, 4) is 0 Å². The summed E-state index contributed by atoms with van der Waals surface area (Å²) in [5.41, 5.74) is 0.920. The van der Waals surface area contributed by atoms with E-state index in [2.05, 4.69) is 5.32 Å². The summed E-state index contributed by atoms with van der Waals surface area (Å²) >= 11 is 6.06. The molecule has 1 fully saturated rings. The number of carbonyl (C=O) groups excluding carboxylic acids is 1. The number of rotatable bonds is 5. The Morgan fingerprint density at radius 2 is 2.00 bits per heavy atom. The number of benzene rings is 2. The van der Waals surface area contributed by atoms with Crippen LogP contribution in [0.5, 0.6) is 0 Å². The van der Waals surface area contributed by atoms with E-state index in [1.165, 1.54) is 10.4 Å². The van der Waals surface area contributed by atoms with Crippen LogP contribution in [0.4, 0.5) is 10.1 Å². The molecule has 1 atom stereocenters. The van der Waals surface area contributed by atoms with Gasteiger partial charge in [-0.05, 0) is 62.1 Å². The molecule has 1 amide bonds. The molecule has 0 radical (unpaired) electrons. The van der Waals surface area contributed by atoms with E-state index in [9.17, 15) is 17.6 Å². The molecule has 8 heteroatoms. The molecule has 1 N–H and O–H groups in total. The highest BCUT2D eigenvalue weighted by atomic mass is 35.5. The average molecular weight is 439 g/mol. The van der Waals surface area contributed by atoms with E-state index in [1.807, 2.05) is 13.8 Å². The van der Waals surface area contributed by atoms with Gasteiger partial charge >= 0.3 is 0 Å². The molecule has 1 heterocycles. The van der Waals surface area contributed by atoms with Gasteiger partial charge in [-0.25, -0.2) is 12.8 Å². The van der Waals surface area contributed by atoms with E-state index < -0.39 is 21.7 Å². The molecule has 0 aliphatic carbocycles. The highest BCUT2D eigenvalue weighted by Crippen LogP contribution is 2.28. The van der Waals surface area contributed by atoms with Crippen LogP contribution in [0.25, 0.3) is 0 Å². The first kappa shape index (κ1) is 21.7. The Bertz CT molecular complexity index is 1030. The number of carbonyl (C=O) groups is 1. The maximum atomic E-state index is 14.3. The van der Waals surface area contributed by atoms with Crippen LogP contribution in [0, 0.1) is 12.7 Å². The third-order valence-electron chi connectivity index (χ3n) is 5.26. The Hall–Kier alpha value is -1.96. The molecule has 29 heavy (non-hydrogen) atoms. The first-order valence-electron chi connectivity index (χ1n) is 9.63. The number of hydrogen-bond donors (Lipinski definition) is 1. The van der Waals surface area contributed by atoms with Crippen LogP contribution in [0.1, 0.15) is 48.5 Å². The fourth-order valence-corrected chi connectivity index (χ4v) is 5.52. The number of halogens is 2. The molecule has 0 saturated carbocycles. The highest BCUT2D eigenvalue weighted by molar-refractivity contribution is 7.89. The average Bonchev–Trinajstić information content (AvgIpc) is 2.70. The summed E-state index contributed by atoms with van der Waals surface area (Å²) in [5.74, 6) is -1.52. The number of nitrogens with one attached hydrogen (secondary N) is 1. The van der Waals surface area contributed by atoms with Crippen LogP contribution in [-0.2, 0) is 10.0 Å². The second kappa shape index (κ2) is 8.81. The standard InChI is InChI=1S/C21H24ClFN2O3S/c1-3-16-6-4-5-11-25(16)29(27,28)17-9-10-20(23)18(13-17)21(26)24-15-8-7-14(2)19(22)12-15/h7-10,12-13,16H,3-6,11H2,1-2H3,(H,24,26)/t16-/m1/s1. The summed E-state index contributed by atoms with van der Waals surface area (Å²) in [5, 5.41) is 3.04. The zero-order valence-corrected chi connectivity index (χ0v) is 18.0. The van der Waals surface area contributed by atoms with Crippen LogP contribution >= 0.6 is 11.6 Å². The Morgan fingerprint density at radius 3 is 2.69 bits per heavy atom. The van der Waals surface area contributed by atoms with Crippen molar-refractivity contribution in [2.24, 2.45) is 0 Å². The lowest BCUT2D eigenvalue weighted by molar-refractivity contribution is 0.102. The maximum Gasteiger partial charge on any atom is 0.258 e. The highest BCUT2D eigenvalue weighted by Gasteiger charge is 2.33. The summed E-state index contributed by atoms with van der Waals surface area (Å²) in [4.78, 5) is 12.5. The first-order chi connectivity index (χ1) is 13.7. The fourth-order valence-electron chi connectivity index (χ4n) is 3.54. The van der Waals surface area contributed by atoms with Crippen molar-refractivity contribution in [2.45, 2.75) is 50.5 Å². The van der Waals surface area contributed by atoms with E-state index in [-0.39, 0.29) is 16.5 Å². The van der Waals surface area contributed by atoms with E-state index in [0.29, 0.717) is 23.7 Å². The SMILES string of the molecule is CC[C@@H]1CCCCN1S(=O)(=O)c1ccc(F)c(C(=O)Nc2ccc(C)c(Cl)c2)c1. The Kier molecular flexibility index (Phi) is 6.61. The van der Waals surface area contributed by atoms with Gasteiger partial charge in [-0.1, -0.05) is 31.0 Å². The minimum absolute atomic E-state index is 0.0775. The van der Waals surface area contributed by atoms with E-state index in [0.717, 1.165) is 37.0 Å². The predicted molar refractivity (Wildman–Crippen MR) is 112 cm³/mol. The second-order valence-corrected chi connectivity index (χ2v) is 9.53. The van der Waals surface area contributed by atoms with Crippen molar-refractivity contribution in [1.82, 2.24) is 4.31 Å². The maximum absolute atomic E-state index is 14.3. The van der Waals surface area contributed by atoms with Gasteiger partial charge in [0.1, 0.15) is 5.82 Å².